The van der Waals surface area contributed by atoms with E-state index in [1.54, 1.807) is 0 Å². The first kappa shape index (κ1) is 12.6. The number of hydrogen-bond donors (Lipinski definition) is 0. The van der Waals surface area contributed by atoms with Crippen molar-refractivity contribution >= 4 is 17.9 Å². The van der Waals surface area contributed by atoms with Crippen molar-refractivity contribution in [1.82, 2.24) is 9.78 Å². The Morgan fingerprint density at radius 3 is 2.50 bits per heavy atom. The van der Waals surface area contributed by atoms with Gasteiger partial charge in [0, 0.05) is 0 Å². The standard InChI is InChI=1S/C11H6ClF3N2O/c12-10-6(5-18)9(11(14)15)16-17(10)8-4-2-1-3-7(8)13/h1-5,11H. The molecule has 7 heteroatoms. The summed E-state index contributed by atoms with van der Waals surface area (Å²) in [5.41, 5.74) is -1.30. The van der Waals surface area contributed by atoms with Gasteiger partial charge in [0.05, 0.1) is 5.56 Å². The van der Waals surface area contributed by atoms with Gasteiger partial charge in [-0.2, -0.15) is 5.10 Å². The molecule has 0 fully saturated rings. The van der Waals surface area contributed by atoms with Gasteiger partial charge in [0.25, 0.3) is 6.43 Å². The Kier molecular flexibility index (Phi) is 3.38. The smallest absolute Gasteiger partial charge is 0.282 e. The molecule has 1 aromatic heterocycles. The topological polar surface area (TPSA) is 34.9 Å². The molecule has 0 aliphatic rings. The lowest BCUT2D eigenvalue weighted by Crippen LogP contribution is -2.00. The summed E-state index contributed by atoms with van der Waals surface area (Å²) in [7, 11) is 0. The summed E-state index contributed by atoms with van der Waals surface area (Å²) in [5, 5.41) is 3.13. The van der Waals surface area contributed by atoms with E-state index >= 15 is 0 Å². The van der Waals surface area contributed by atoms with Crippen LogP contribution in [0.2, 0.25) is 5.15 Å². The molecule has 1 heterocycles. The number of aromatic nitrogens is 2. The molecule has 18 heavy (non-hydrogen) atoms. The average Bonchev–Trinajstić information content (AvgIpc) is 2.67. The Balaban J connectivity index is 2.67. The van der Waals surface area contributed by atoms with E-state index in [1.807, 2.05) is 0 Å². The zero-order valence-corrected chi connectivity index (χ0v) is 9.53. The van der Waals surface area contributed by atoms with E-state index in [2.05, 4.69) is 5.10 Å². The molecule has 0 unspecified atom stereocenters. The third-order valence-corrected chi connectivity index (χ3v) is 2.66. The maximum atomic E-state index is 13.5. The number of hydrogen-bond acceptors (Lipinski definition) is 2. The second kappa shape index (κ2) is 4.81. The molecule has 0 radical (unpaired) electrons. The molecule has 94 valence electrons. The molecule has 0 atom stereocenters. The fourth-order valence-corrected chi connectivity index (χ4v) is 1.75. The van der Waals surface area contributed by atoms with Crippen molar-refractivity contribution in [1.29, 1.82) is 0 Å². The number of benzene rings is 1. The van der Waals surface area contributed by atoms with Crippen molar-refractivity contribution in [2.75, 3.05) is 0 Å². The van der Waals surface area contributed by atoms with Crippen LogP contribution < -0.4 is 0 Å². The molecular weight excluding hydrogens is 269 g/mol. The van der Waals surface area contributed by atoms with Gasteiger partial charge >= 0.3 is 0 Å². The van der Waals surface area contributed by atoms with Crippen LogP contribution in [0.1, 0.15) is 22.5 Å². The van der Waals surface area contributed by atoms with Crippen LogP contribution in [0.5, 0.6) is 0 Å². The number of rotatable bonds is 3. The van der Waals surface area contributed by atoms with E-state index in [1.165, 1.54) is 18.2 Å². The van der Waals surface area contributed by atoms with Crippen LogP contribution in [0.25, 0.3) is 5.69 Å². The van der Waals surface area contributed by atoms with Gasteiger partial charge in [-0.15, -0.1) is 0 Å². The summed E-state index contributed by atoms with van der Waals surface area (Å²) >= 11 is 5.75. The van der Waals surface area contributed by atoms with Gasteiger partial charge < -0.3 is 0 Å². The van der Waals surface area contributed by atoms with Gasteiger partial charge in [-0.25, -0.2) is 17.9 Å². The van der Waals surface area contributed by atoms with E-state index in [-0.39, 0.29) is 17.1 Å². The molecule has 3 nitrogen and oxygen atoms in total. The number of nitrogens with zero attached hydrogens (tertiary/aromatic N) is 2. The summed E-state index contributed by atoms with van der Waals surface area (Å²) in [6.45, 7) is 0. The molecular formula is C11H6ClF3N2O. The predicted molar refractivity (Wildman–Crippen MR) is 58.9 cm³/mol. The van der Waals surface area contributed by atoms with E-state index in [0.717, 1.165) is 10.7 Å². The third-order valence-electron chi connectivity index (χ3n) is 2.30. The Labute approximate surface area is 105 Å². The zero-order valence-electron chi connectivity index (χ0n) is 8.78. The lowest BCUT2D eigenvalue weighted by atomic mass is 10.3. The first-order chi connectivity index (χ1) is 8.56. The molecule has 1 aromatic carbocycles. The van der Waals surface area contributed by atoms with Crippen molar-refractivity contribution in [3.63, 3.8) is 0 Å². The molecule has 0 bridgehead atoms. The summed E-state index contributed by atoms with van der Waals surface area (Å²) in [6.07, 6.45) is -2.79. The number of aldehydes is 1. The van der Waals surface area contributed by atoms with Crippen molar-refractivity contribution < 1.29 is 18.0 Å². The Morgan fingerprint density at radius 2 is 2.00 bits per heavy atom. The highest BCUT2D eigenvalue weighted by molar-refractivity contribution is 6.32. The summed E-state index contributed by atoms with van der Waals surface area (Å²) in [6, 6.07) is 5.39. The van der Waals surface area contributed by atoms with Crippen LogP contribution in [0, 0.1) is 5.82 Å². The SMILES string of the molecule is O=Cc1c(C(F)F)nn(-c2ccccc2F)c1Cl. The van der Waals surface area contributed by atoms with Crippen LogP contribution in [0.4, 0.5) is 13.2 Å². The minimum Gasteiger partial charge on any atom is -0.298 e. The molecule has 0 amide bonds. The molecule has 0 aliphatic carbocycles. The molecule has 0 saturated carbocycles. The van der Waals surface area contributed by atoms with Crippen LogP contribution in [0.3, 0.4) is 0 Å². The van der Waals surface area contributed by atoms with Gasteiger partial charge in [0.1, 0.15) is 22.4 Å². The lowest BCUT2D eigenvalue weighted by Gasteiger charge is -2.03. The van der Waals surface area contributed by atoms with Crippen molar-refractivity contribution in [3.8, 4) is 5.69 Å². The molecule has 0 N–H and O–H groups in total. The highest BCUT2D eigenvalue weighted by atomic mass is 35.5. The number of carbonyl (C=O) groups excluding carboxylic acids is 1. The highest BCUT2D eigenvalue weighted by Crippen LogP contribution is 2.29. The first-order valence-electron chi connectivity index (χ1n) is 4.83. The monoisotopic (exact) mass is 274 g/mol. The molecule has 2 rings (SSSR count). The normalized spacial score (nSPS) is 10.9. The van der Waals surface area contributed by atoms with E-state index in [9.17, 15) is 18.0 Å². The molecule has 0 saturated heterocycles. The van der Waals surface area contributed by atoms with Crippen LogP contribution in [0.15, 0.2) is 24.3 Å². The Hall–Kier alpha value is -1.82. The van der Waals surface area contributed by atoms with E-state index in [4.69, 9.17) is 11.6 Å². The largest absolute Gasteiger partial charge is 0.298 e. The lowest BCUT2D eigenvalue weighted by molar-refractivity contribution is 0.110. The van der Waals surface area contributed by atoms with Crippen LogP contribution in [-0.2, 0) is 0 Å². The minimum absolute atomic E-state index is 0.0995. The number of para-hydroxylation sites is 1. The number of halogens is 4. The van der Waals surface area contributed by atoms with Gasteiger partial charge in [-0.3, -0.25) is 4.79 Å². The fraction of sp³-hybridized carbons (Fsp3) is 0.0909. The Morgan fingerprint density at radius 1 is 1.33 bits per heavy atom. The van der Waals surface area contributed by atoms with Gasteiger partial charge in [0.15, 0.2) is 6.29 Å². The maximum absolute atomic E-state index is 13.5. The second-order valence-electron chi connectivity index (χ2n) is 3.37. The average molecular weight is 275 g/mol. The van der Waals surface area contributed by atoms with Gasteiger partial charge in [0.2, 0.25) is 0 Å². The van der Waals surface area contributed by atoms with Gasteiger partial charge in [-0.1, -0.05) is 23.7 Å². The molecule has 2 aromatic rings. The predicted octanol–water partition coefficient (Wildman–Crippen LogP) is 3.41. The number of alkyl halides is 2. The highest BCUT2D eigenvalue weighted by Gasteiger charge is 2.24. The van der Waals surface area contributed by atoms with Crippen molar-refractivity contribution in [2.24, 2.45) is 0 Å². The quantitative estimate of drug-likeness (QED) is 0.804. The molecule has 0 spiro atoms. The minimum atomic E-state index is -2.96. The molecule has 0 aliphatic heterocycles. The van der Waals surface area contributed by atoms with Gasteiger partial charge in [-0.05, 0) is 12.1 Å². The maximum Gasteiger partial charge on any atom is 0.282 e. The van der Waals surface area contributed by atoms with Crippen LogP contribution >= 0.6 is 11.6 Å². The van der Waals surface area contributed by atoms with Crippen molar-refractivity contribution in [2.45, 2.75) is 6.43 Å². The first-order valence-corrected chi connectivity index (χ1v) is 5.20. The third kappa shape index (κ3) is 1.99. The van der Waals surface area contributed by atoms with Crippen molar-refractivity contribution in [3.05, 3.63) is 46.5 Å². The summed E-state index contributed by atoms with van der Waals surface area (Å²) in [4.78, 5) is 10.7. The summed E-state index contributed by atoms with van der Waals surface area (Å²) < 4.78 is 39.6. The number of carbonyl (C=O) groups is 1. The van der Waals surface area contributed by atoms with E-state index in [0.29, 0.717) is 0 Å². The summed E-state index contributed by atoms with van der Waals surface area (Å²) in [5.74, 6) is -0.680. The zero-order chi connectivity index (χ0) is 13.3. The van der Waals surface area contributed by atoms with E-state index < -0.39 is 23.5 Å². The fourth-order valence-electron chi connectivity index (χ4n) is 1.48. The second-order valence-corrected chi connectivity index (χ2v) is 3.73. The van der Waals surface area contributed by atoms with Crippen LogP contribution in [-0.4, -0.2) is 16.1 Å². The Bertz CT molecular complexity index is 598.